The first-order chi connectivity index (χ1) is 16.2. The van der Waals surface area contributed by atoms with Gasteiger partial charge in [-0.25, -0.2) is 4.39 Å². The number of aliphatic hydroxyl groups is 2. The van der Waals surface area contributed by atoms with Crippen molar-refractivity contribution in [1.82, 2.24) is 20.2 Å². The zero-order valence-corrected chi connectivity index (χ0v) is 17.7. The lowest BCUT2D eigenvalue weighted by atomic mass is 10.0. The number of benzene rings is 1. The van der Waals surface area contributed by atoms with E-state index in [1.807, 2.05) is 0 Å². The number of nitrogens with zero attached hydrogens (tertiary/aromatic N) is 2. The van der Waals surface area contributed by atoms with Gasteiger partial charge >= 0.3 is 0 Å². The van der Waals surface area contributed by atoms with Crippen molar-refractivity contribution in [2.75, 3.05) is 6.54 Å². The molecule has 0 saturated carbocycles. The van der Waals surface area contributed by atoms with Crippen LogP contribution in [0.15, 0.2) is 41.0 Å². The van der Waals surface area contributed by atoms with Crippen molar-refractivity contribution in [3.8, 4) is 11.5 Å². The average molecular weight is 470 g/mol. The topological polar surface area (TPSA) is 163 Å². The highest BCUT2D eigenvalue weighted by molar-refractivity contribution is 6.04. The maximum atomic E-state index is 13.3. The van der Waals surface area contributed by atoms with Crippen molar-refractivity contribution >= 4 is 29.0 Å². The van der Waals surface area contributed by atoms with Gasteiger partial charge in [0.25, 0.3) is 17.4 Å². The molecule has 34 heavy (non-hydrogen) atoms. The first-order valence-electron chi connectivity index (χ1n) is 10.1. The second-order valence-electron chi connectivity index (χ2n) is 7.31. The predicted molar refractivity (Wildman–Crippen MR) is 116 cm³/mol. The minimum Gasteiger partial charge on any atom is -0.505 e. The van der Waals surface area contributed by atoms with Gasteiger partial charge in [-0.1, -0.05) is 12.1 Å². The van der Waals surface area contributed by atoms with Gasteiger partial charge in [0.05, 0.1) is 6.20 Å². The van der Waals surface area contributed by atoms with Gasteiger partial charge in [0.15, 0.2) is 11.5 Å². The van der Waals surface area contributed by atoms with E-state index in [-0.39, 0.29) is 35.5 Å². The Hall–Kier alpha value is -4.29. The Bertz CT molecular complexity index is 1400. The number of amides is 2. The van der Waals surface area contributed by atoms with E-state index in [2.05, 4.69) is 10.3 Å². The summed E-state index contributed by atoms with van der Waals surface area (Å²) < 4.78 is 20.0. The Balaban J connectivity index is 1.96. The van der Waals surface area contributed by atoms with Crippen molar-refractivity contribution in [3.63, 3.8) is 0 Å². The molecule has 0 saturated heterocycles. The standard InChI is InChI=1S/C22H19FN4O7/c1-2-24-19(29)13-9-27-16-15(17(28)14(21(27)31)20(30)26-22(32)33)25-8-11(18(16)34-13)7-10-3-5-12(23)6-4-10/h3-6,8-9,22,28,32-33H,2,7H2,1H3,(H,24,29)(H,26,30). The monoisotopic (exact) mass is 470 g/mol. The van der Waals surface area contributed by atoms with E-state index < -0.39 is 40.9 Å². The minimum atomic E-state index is -2.28. The number of hydrogen-bond donors (Lipinski definition) is 5. The number of hydrogen-bond acceptors (Lipinski definition) is 8. The third kappa shape index (κ3) is 4.07. The molecule has 2 amide bonds. The van der Waals surface area contributed by atoms with Gasteiger partial charge in [-0.05, 0) is 24.6 Å². The molecule has 0 fully saturated rings. The van der Waals surface area contributed by atoms with Crippen LogP contribution in [0.3, 0.4) is 0 Å². The zero-order chi connectivity index (χ0) is 24.6. The van der Waals surface area contributed by atoms with Crippen LogP contribution in [0.5, 0.6) is 11.5 Å². The number of aliphatic hydroxyl groups excluding tert-OH is 1. The molecule has 4 rings (SSSR count). The number of halogens is 1. The number of likely N-dealkylation sites (N-methyl/N-ethyl adjacent to an activating group) is 1. The van der Waals surface area contributed by atoms with Crippen LogP contribution in [0.1, 0.15) is 28.4 Å². The lowest BCUT2D eigenvalue weighted by Crippen LogP contribution is -2.39. The van der Waals surface area contributed by atoms with E-state index in [0.717, 1.165) is 10.8 Å². The summed E-state index contributed by atoms with van der Waals surface area (Å²) in [4.78, 5) is 42.2. The van der Waals surface area contributed by atoms with Crippen LogP contribution in [0.4, 0.5) is 4.39 Å². The molecule has 0 atom stereocenters. The third-order valence-corrected chi connectivity index (χ3v) is 5.03. The van der Waals surface area contributed by atoms with Gasteiger partial charge in [0.2, 0.25) is 12.2 Å². The molecule has 11 nitrogen and oxygen atoms in total. The summed E-state index contributed by atoms with van der Waals surface area (Å²) in [6, 6.07) is 5.65. The number of carbonyl (C=O) groups excluding carboxylic acids is 2. The summed E-state index contributed by atoms with van der Waals surface area (Å²) in [5.74, 6) is -3.34. The number of aromatic nitrogens is 2. The first kappa shape index (κ1) is 22.9. The molecule has 0 aliphatic carbocycles. The lowest BCUT2D eigenvalue weighted by Gasteiger charge is -2.23. The van der Waals surface area contributed by atoms with Gasteiger partial charge < -0.3 is 30.7 Å². The van der Waals surface area contributed by atoms with Gasteiger partial charge in [0, 0.05) is 24.7 Å². The first-order valence-corrected chi connectivity index (χ1v) is 10.1. The van der Waals surface area contributed by atoms with E-state index in [1.54, 1.807) is 24.4 Å². The number of carbonyl (C=O) groups is 2. The minimum absolute atomic E-state index is 0.00347. The van der Waals surface area contributed by atoms with Crippen LogP contribution in [-0.2, 0) is 11.2 Å². The van der Waals surface area contributed by atoms with Gasteiger partial charge in [-0.2, -0.15) is 0 Å². The Morgan fingerprint density at radius 2 is 1.91 bits per heavy atom. The molecule has 3 aromatic rings. The lowest BCUT2D eigenvalue weighted by molar-refractivity contribution is -0.119. The van der Waals surface area contributed by atoms with E-state index in [1.165, 1.54) is 18.3 Å². The molecule has 5 N–H and O–H groups in total. The van der Waals surface area contributed by atoms with Crippen LogP contribution >= 0.6 is 0 Å². The summed E-state index contributed by atoms with van der Waals surface area (Å²) in [6.07, 6.45) is 0.292. The molecular formula is C22H19FN4O7. The highest BCUT2D eigenvalue weighted by Gasteiger charge is 2.30. The molecule has 0 unspecified atom stereocenters. The molecule has 2 aromatic heterocycles. The SMILES string of the molecule is CCNC(=O)C1=Cn2c(=O)c(C(=O)NC(O)O)c(O)c3ncc(Cc4ccc(F)cc4)c(c32)O1. The number of nitrogens with one attached hydrogen (secondary N) is 2. The summed E-state index contributed by atoms with van der Waals surface area (Å²) in [6.45, 7) is 1.96. The van der Waals surface area contributed by atoms with Crippen LogP contribution in [0.25, 0.3) is 17.2 Å². The van der Waals surface area contributed by atoms with Gasteiger partial charge in [-0.15, -0.1) is 0 Å². The third-order valence-electron chi connectivity index (χ3n) is 5.03. The quantitative estimate of drug-likeness (QED) is 0.318. The van der Waals surface area contributed by atoms with E-state index in [9.17, 15) is 23.9 Å². The van der Waals surface area contributed by atoms with Crippen molar-refractivity contribution in [2.45, 2.75) is 19.8 Å². The Morgan fingerprint density at radius 1 is 1.21 bits per heavy atom. The highest BCUT2D eigenvalue weighted by atomic mass is 19.1. The maximum absolute atomic E-state index is 13.3. The van der Waals surface area contributed by atoms with Crippen molar-refractivity contribution < 1.29 is 34.0 Å². The highest BCUT2D eigenvalue weighted by Crippen LogP contribution is 2.38. The molecule has 1 aromatic carbocycles. The second-order valence-corrected chi connectivity index (χ2v) is 7.31. The van der Waals surface area contributed by atoms with E-state index >= 15 is 0 Å². The molecule has 1 aliphatic rings. The molecule has 3 heterocycles. The Morgan fingerprint density at radius 3 is 2.56 bits per heavy atom. The molecule has 0 radical (unpaired) electrons. The second kappa shape index (κ2) is 8.92. The fraction of sp³-hybridized carbons (Fsp3) is 0.182. The van der Waals surface area contributed by atoms with E-state index in [0.29, 0.717) is 11.1 Å². The number of aromatic hydroxyl groups is 1. The Labute approximate surface area is 190 Å². The molecule has 0 bridgehead atoms. The van der Waals surface area contributed by atoms with Crippen LogP contribution in [0.2, 0.25) is 0 Å². The Kier molecular flexibility index (Phi) is 6.01. The maximum Gasteiger partial charge on any atom is 0.288 e. The molecule has 12 heteroatoms. The molecular weight excluding hydrogens is 451 g/mol. The van der Waals surface area contributed by atoms with Crippen LogP contribution in [-0.4, -0.2) is 49.6 Å². The zero-order valence-electron chi connectivity index (χ0n) is 17.7. The molecule has 1 aliphatic heterocycles. The number of ether oxygens (including phenoxy) is 1. The number of rotatable bonds is 6. The van der Waals surface area contributed by atoms with Crippen LogP contribution < -0.4 is 20.9 Å². The van der Waals surface area contributed by atoms with E-state index in [4.69, 9.17) is 14.9 Å². The molecule has 0 spiro atoms. The molecule has 176 valence electrons. The van der Waals surface area contributed by atoms with Gasteiger partial charge in [-0.3, -0.25) is 23.9 Å². The summed E-state index contributed by atoms with van der Waals surface area (Å²) >= 11 is 0. The smallest absolute Gasteiger partial charge is 0.288 e. The summed E-state index contributed by atoms with van der Waals surface area (Å²) in [7, 11) is 0. The van der Waals surface area contributed by atoms with Crippen molar-refractivity contribution in [2.24, 2.45) is 0 Å². The normalized spacial score (nSPS) is 12.3. The van der Waals surface area contributed by atoms with Crippen molar-refractivity contribution in [3.05, 3.63) is 69.1 Å². The fourth-order valence-corrected chi connectivity index (χ4v) is 3.55. The van der Waals surface area contributed by atoms with Gasteiger partial charge in [0.1, 0.15) is 22.4 Å². The summed E-state index contributed by atoms with van der Waals surface area (Å²) in [5, 5.41) is 33.0. The van der Waals surface area contributed by atoms with Crippen molar-refractivity contribution in [1.29, 1.82) is 0 Å². The largest absolute Gasteiger partial charge is 0.505 e. The fourth-order valence-electron chi connectivity index (χ4n) is 3.55. The predicted octanol–water partition coefficient (Wildman–Crippen LogP) is 0.157. The average Bonchev–Trinajstić information content (AvgIpc) is 2.79. The van der Waals surface area contributed by atoms with Crippen LogP contribution in [0, 0.1) is 5.82 Å². The summed E-state index contributed by atoms with van der Waals surface area (Å²) in [5.41, 5.74) is -0.946. The number of pyridine rings is 2.